The van der Waals surface area contributed by atoms with Crippen molar-refractivity contribution in [2.45, 2.75) is 39.4 Å². The summed E-state index contributed by atoms with van der Waals surface area (Å²) < 4.78 is 15.3. The van der Waals surface area contributed by atoms with E-state index in [9.17, 15) is 9.59 Å². The molecule has 5 nitrogen and oxygen atoms in total. The number of hydrogen-bond acceptors (Lipinski definition) is 5. The van der Waals surface area contributed by atoms with Crippen molar-refractivity contribution >= 4 is 35.3 Å². The smallest absolute Gasteiger partial charge is 0.463 e. The van der Waals surface area contributed by atoms with Gasteiger partial charge in [0.15, 0.2) is 6.10 Å². The molecule has 132 valence electrons. The number of rotatable bonds is 5. The minimum absolute atomic E-state index is 0.0769. The van der Waals surface area contributed by atoms with Crippen LogP contribution in [0.5, 0.6) is 0 Å². The molecule has 7 heteroatoms. The first-order valence-electron chi connectivity index (χ1n) is 7.25. The quantitative estimate of drug-likeness (QED) is 0.529. The molecule has 1 atom stereocenters. The van der Waals surface area contributed by atoms with Crippen molar-refractivity contribution in [3.05, 3.63) is 46.0 Å². The Kier molecular flexibility index (Phi) is 7.11. The lowest BCUT2D eigenvalue weighted by atomic mass is 10.0. The molecule has 0 heterocycles. The second-order valence-corrected chi connectivity index (χ2v) is 6.72. The van der Waals surface area contributed by atoms with Gasteiger partial charge in [0.25, 0.3) is 0 Å². The van der Waals surface area contributed by atoms with Gasteiger partial charge in [-0.05, 0) is 39.8 Å². The van der Waals surface area contributed by atoms with Crippen LogP contribution in [0.2, 0.25) is 10.0 Å². The zero-order valence-corrected chi connectivity index (χ0v) is 15.5. The number of halogens is 2. The van der Waals surface area contributed by atoms with E-state index in [0.717, 1.165) is 0 Å². The topological polar surface area (TPSA) is 61.8 Å². The predicted octanol–water partition coefficient (Wildman–Crippen LogP) is 5.11. The maximum absolute atomic E-state index is 12.0. The van der Waals surface area contributed by atoms with Crippen molar-refractivity contribution in [3.8, 4) is 0 Å². The number of ether oxygens (including phenoxy) is 3. The van der Waals surface area contributed by atoms with Crippen LogP contribution in [0.25, 0.3) is 0 Å². The Balaban J connectivity index is 3.14. The molecule has 1 rings (SSSR count). The fourth-order valence-corrected chi connectivity index (χ4v) is 2.25. The molecule has 0 bridgehead atoms. The lowest BCUT2D eigenvalue weighted by Gasteiger charge is -2.24. The molecular formula is C17H20Cl2O5. The number of carbonyl (C=O) groups is 2. The molecule has 0 saturated heterocycles. The van der Waals surface area contributed by atoms with Gasteiger partial charge in [0.1, 0.15) is 5.60 Å². The van der Waals surface area contributed by atoms with Crippen LogP contribution in [0, 0.1) is 0 Å². The van der Waals surface area contributed by atoms with Gasteiger partial charge < -0.3 is 14.2 Å². The summed E-state index contributed by atoms with van der Waals surface area (Å²) >= 11 is 12.0. The van der Waals surface area contributed by atoms with Gasteiger partial charge in [0.2, 0.25) is 0 Å². The van der Waals surface area contributed by atoms with E-state index in [1.165, 1.54) is 6.07 Å². The third kappa shape index (κ3) is 6.06. The average molecular weight is 375 g/mol. The van der Waals surface area contributed by atoms with Crippen LogP contribution in [0.1, 0.15) is 39.4 Å². The standard InChI is InChI=1S/C17H20Cl2O5/c1-6-22-15(20)10(2)14(23-16(21)24-17(3,4)5)12-8-7-11(18)9-13(12)19/h7-9,14H,2,6H2,1,3-5H3. The largest absolute Gasteiger partial charge is 0.509 e. The maximum Gasteiger partial charge on any atom is 0.509 e. The van der Waals surface area contributed by atoms with E-state index in [0.29, 0.717) is 10.6 Å². The highest BCUT2D eigenvalue weighted by Gasteiger charge is 2.30. The van der Waals surface area contributed by atoms with E-state index in [-0.39, 0.29) is 17.2 Å². The van der Waals surface area contributed by atoms with E-state index in [2.05, 4.69) is 6.58 Å². The predicted molar refractivity (Wildman–Crippen MR) is 92.3 cm³/mol. The first-order chi connectivity index (χ1) is 11.0. The fraction of sp³-hybridized carbons (Fsp3) is 0.412. The molecule has 0 aliphatic heterocycles. The van der Waals surface area contributed by atoms with Gasteiger partial charge in [-0.25, -0.2) is 9.59 Å². The summed E-state index contributed by atoms with van der Waals surface area (Å²) in [5.74, 6) is -0.697. The molecule has 1 unspecified atom stereocenters. The second kappa shape index (κ2) is 8.40. The summed E-state index contributed by atoms with van der Waals surface area (Å²) in [7, 11) is 0. The van der Waals surface area contributed by atoms with Crippen molar-refractivity contribution in [1.82, 2.24) is 0 Å². The molecule has 0 aliphatic carbocycles. The van der Waals surface area contributed by atoms with Crippen LogP contribution in [-0.2, 0) is 19.0 Å². The Morgan fingerprint density at radius 2 is 1.88 bits per heavy atom. The summed E-state index contributed by atoms with van der Waals surface area (Å²) in [5, 5.41) is 0.628. The van der Waals surface area contributed by atoms with Gasteiger partial charge in [-0.15, -0.1) is 0 Å². The highest BCUT2D eigenvalue weighted by atomic mass is 35.5. The number of esters is 1. The minimum atomic E-state index is -1.15. The lowest BCUT2D eigenvalue weighted by molar-refractivity contribution is -0.139. The van der Waals surface area contributed by atoms with Crippen molar-refractivity contribution in [3.63, 3.8) is 0 Å². The van der Waals surface area contributed by atoms with E-state index in [1.54, 1.807) is 39.8 Å². The third-order valence-electron chi connectivity index (χ3n) is 2.70. The molecule has 0 amide bonds. The Morgan fingerprint density at radius 3 is 2.38 bits per heavy atom. The van der Waals surface area contributed by atoms with Crippen LogP contribution in [0.4, 0.5) is 4.79 Å². The zero-order valence-electron chi connectivity index (χ0n) is 14.0. The van der Waals surface area contributed by atoms with Gasteiger partial charge >= 0.3 is 12.1 Å². The van der Waals surface area contributed by atoms with Crippen LogP contribution >= 0.6 is 23.2 Å². The fourth-order valence-electron chi connectivity index (χ4n) is 1.74. The van der Waals surface area contributed by atoms with Crippen LogP contribution in [0.3, 0.4) is 0 Å². The van der Waals surface area contributed by atoms with Crippen molar-refractivity contribution in [2.75, 3.05) is 6.61 Å². The third-order valence-corrected chi connectivity index (χ3v) is 3.27. The number of hydrogen-bond donors (Lipinski definition) is 0. The van der Waals surface area contributed by atoms with E-state index in [1.807, 2.05) is 0 Å². The Morgan fingerprint density at radius 1 is 1.25 bits per heavy atom. The SMILES string of the molecule is C=C(C(=O)OCC)C(OC(=O)OC(C)(C)C)c1ccc(Cl)cc1Cl. The molecule has 0 radical (unpaired) electrons. The maximum atomic E-state index is 12.0. The van der Waals surface area contributed by atoms with Crippen LogP contribution in [0.15, 0.2) is 30.4 Å². The highest BCUT2D eigenvalue weighted by Crippen LogP contribution is 2.33. The van der Waals surface area contributed by atoms with Crippen molar-refractivity contribution < 1.29 is 23.8 Å². The van der Waals surface area contributed by atoms with Crippen LogP contribution < -0.4 is 0 Å². The van der Waals surface area contributed by atoms with Gasteiger partial charge in [-0.2, -0.15) is 0 Å². The molecule has 24 heavy (non-hydrogen) atoms. The second-order valence-electron chi connectivity index (χ2n) is 5.87. The summed E-state index contributed by atoms with van der Waals surface area (Å²) in [5.41, 5.74) is -0.478. The first-order valence-corrected chi connectivity index (χ1v) is 8.01. The highest BCUT2D eigenvalue weighted by molar-refractivity contribution is 6.35. The van der Waals surface area contributed by atoms with Gasteiger partial charge in [0, 0.05) is 15.6 Å². The first kappa shape index (κ1) is 20.3. The van der Waals surface area contributed by atoms with E-state index < -0.39 is 23.8 Å². The summed E-state index contributed by atoms with van der Waals surface area (Å²) in [4.78, 5) is 24.0. The minimum Gasteiger partial charge on any atom is -0.463 e. The van der Waals surface area contributed by atoms with Crippen molar-refractivity contribution in [2.24, 2.45) is 0 Å². The lowest BCUT2D eigenvalue weighted by Crippen LogP contribution is -2.27. The Hall–Kier alpha value is -1.72. The van der Waals surface area contributed by atoms with Gasteiger partial charge in [0.05, 0.1) is 12.2 Å². The number of carbonyl (C=O) groups excluding carboxylic acids is 2. The molecule has 0 fully saturated rings. The molecule has 0 aromatic heterocycles. The molecule has 0 spiro atoms. The zero-order chi connectivity index (χ0) is 18.5. The Bertz CT molecular complexity index is 634. The molecule has 1 aromatic carbocycles. The van der Waals surface area contributed by atoms with E-state index in [4.69, 9.17) is 37.4 Å². The van der Waals surface area contributed by atoms with Gasteiger partial charge in [-0.1, -0.05) is 35.8 Å². The summed E-state index contributed by atoms with van der Waals surface area (Å²) in [6, 6.07) is 4.58. The molecular weight excluding hydrogens is 355 g/mol. The molecule has 0 N–H and O–H groups in total. The summed E-state index contributed by atoms with van der Waals surface area (Å²) in [6.07, 6.45) is -2.10. The number of benzene rings is 1. The molecule has 1 aromatic rings. The van der Waals surface area contributed by atoms with Crippen molar-refractivity contribution in [1.29, 1.82) is 0 Å². The normalized spacial score (nSPS) is 12.2. The molecule has 0 aliphatic rings. The van der Waals surface area contributed by atoms with Crippen LogP contribution in [-0.4, -0.2) is 24.3 Å². The van der Waals surface area contributed by atoms with E-state index >= 15 is 0 Å². The average Bonchev–Trinajstić information content (AvgIpc) is 2.43. The molecule has 0 saturated carbocycles. The van der Waals surface area contributed by atoms with Gasteiger partial charge in [-0.3, -0.25) is 0 Å². The Labute approximate surface area is 151 Å². The summed E-state index contributed by atoms with van der Waals surface area (Å²) in [6.45, 7) is 10.6. The monoisotopic (exact) mass is 374 g/mol.